The van der Waals surface area contributed by atoms with Crippen molar-refractivity contribution in [2.45, 2.75) is 465 Å². The van der Waals surface area contributed by atoms with E-state index in [1.54, 1.807) is 0 Å². The number of aliphatic hydroxyl groups is 1. The average molecular weight is 1540 g/mol. The number of esters is 4. The van der Waals surface area contributed by atoms with Crippen LogP contribution in [0.2, 0.25) is 0 Å². The second-order valence-corrected chi connectivity index (χ2v) is 35.3. The molecular weight excluding hydrogens is 1370 g/mol. The summed E-state index contributed by atoms with van der Waals surface area (Å²) in [6.45, 7) is 14.4. The van der Waals surface area contributed by atoms with Crippen LogP contribution in [-0.2, 0) is 65.4 Å². The molecule has 0 aromatic rings. The summed E-state index contributed by atoms with van der Waals surface area (Å²) in [7, 11) is -9.93. The van der Waals surface area contributed by atoms with Gasteiger partial charge in [0.2, 0.25) is 0 Å². The van der Waals surface area contributed by atoms with Gasteiger partial charge >= 0.3 is 39.5 Å². The van der Waals surface area contributed by atoms with Crippen LogP contribution in [0.3, 0.4) is 0 Å². The molecule has 0 saturated heterocycles. The molecular formula is C86H168O17P2. The summed E-state index contributed by atoms with van der Waals surface area (Å²) in [6, 6.07) is 0. The molecule has 0 saturated carbocycles. The van der Waals surface area contributed by atoms with E-state index in [0.29, 0.717) is 25.7 Å². The van der Waals surface area contributed by atoms with Gasteiger partial charge < -0.3 is 33.8 Å². The molecule has 0 aromatic carbocycles. The highest BCUT2D eigenvalue weighted by molar-refractivity contribution is 7.47. The van der Waals surface area contributed by atoms with Gasteiger partial charge in [0, 0.05) is 25.7 Å². The number of unbranched alkanes of at least 4 members (excludes halogenated alkanes) is 47. The molecule has 0 bridgehead atoms. The van der Waals surface area contributed by atoms with E-state index in [1.165, 1.54) is 244 Å². The first-order valence-electron chi connectivity index (χ1n) is 44.3. The molecule has 624 valence electrons. The number of hydrogen-bond acceptors (Lipinski definition) is 15. The lowest BCUT2D eigenvalue weighted by Crippen LogP contribution is -2.30. The summed E-state index contributed by atoms with van der Waals surface area (Å²) < 4.78 is 68.9. The molecule has 0 amide bonds. The minimum absolute atomic E-state index is 0.107. The van der Waals surface area contributed by atoms with Gasteiger partial charge in [-0.3, -0.25) is 37.3 Å². The van der Waals surface area contributed by atoms with Crippen LogP contribution in [0.25, 0.3) is 0 Å². The van der Waals surface area contributed by atoms with Crippen molar-refractivity contribution in [2.75, 3.05) is 39.6 Å². The van der Waals surface area contributed by atoms with Gasteiger partial charge in [-0.2, -0.15) is 0 Å². The highest BCUT2D eigenvalue weighted by Crippen LogP contribution is 2.45. The van der Waals surface area contributed by atoms with Crippen molar-refractivity contribution in [1.82, 2.24) is 0 Å². The molecule has 105 heavy (non-hydrogen) atoms. The number of phosphoric ester groups is 2. The third kappa shape index (κ3) is 77.2. The van der Waals surface area contributed by atoms with Crippen LogP contribution in [0.5, 0.6) is 0 Å². The van der Waals surface area contributed by atoms with Gasteiger partial charge in [-0.25, -0.2) is 9.13 Å². The zero-order chi connectivity index (χ0) is 77.4. The van der Waals surface area contributed by atoms with Crippen molar-refractivity contribution >= 4 is 39.5 Å². The number of rotatable bonds is 83. The Morgan fingerprint density at radius 2 is 0.457 bits per heavy atom. The van der Waals surface area contributed by atoms with E-state index >= 15 is 0 Å². The Balaban J connectivity index is 5.24. The SMILES string of the molecule is CCC(C)CCCCCCCCCCCCCCCCC(=O)O[C@H](COC(=O)CCCCCCCCC(C)CC)COP(=O)(O)OC[C@H](O)COP(=O)(O)OC[C@@H](COC(=O)CCCCCCCCCCCCCCCCCCC(C)C)OC(=O)CCCCCCCCCCCCCCCCCC(C)C. The Morgan fingerprint density at radius 1 is 0.267 bits per heavy atom. The summed E-state index contributed by atoms with van der Waals surface area (Å²) in [5.74, 6) is 1.08. The number of phosphoric acid groups is 2. The topological polar surface area (TPSA) is 237 Å². The van der Waals surface area contributed by atoms with Gasteiger partial charge in [0.1, 0.15) is 19.3 Å². The molecule has 0 rings (SSSR count). The van der Waals surface area contributed by atoms with Crippen molar-refractivity contribution in [2.24, 2.45) is 23.7 Å². The van der Waals surface area contributed by atoms with Crippen LogP contribution in [0.4, 0.5) is 0 Å². The summed E-state index contributed by atoms with van der Waals surface area (Å²) >= 11 is 0. The van der Waals surface area contributed by atoms with Crippen LogP contribution < -0.4 is 0 Å². The Kier molecular flexibility index (Phi) is 73.4. The minimum atomic E-state index is -4.97. The van der Waals surface area contributed by atoms with E-state index in [0.717, 1.165) is 120 Å². The Morgan fingerprint density at radius 3 is 0.676 bits per heavy atom. The van der Waals surface area contributed by atoms with Crippen LogP contribution in [0.15, 0.2) is 0 Å². The third-order valence-electron chi connectivity index (χ3n) is 20.8. The quantitative estimate of drug-likeness (QED) is 0.0222. The van der Waals surface area contributed by atoms with Crippen molar-refractivity contribution in [1.29, 1.82) is 0 Å². The molecule has 0 aliphatic heterocycles. The molecule has 3 N–H and O–H groups in total. The predicted molar refractivity (Wildman–Crippen MR) is 432 cm³/mol. The van der Waals surface area contributed by atoms with Gasteiger partial charge in [0.25, 0.3) is 0 Å². The smallest absolute Gasteiger partial charge is 0.462 e. The first-order valence-corrected chi connectivity index (χ1v) is 47.3. The second kappa shape index (κ2) is 74.8. The van der Waals surface area contributed by atoms with E-state index in [-0.39, 0.29) is 25.7 Å². The number of aliphatic hydroxyl groups excluding tert-OH is 1. The predicted octanol–water partition coefficient (Wildman–Crippen LogP) is 25.9. The van der Waals surface area contributed by atoms with Gasteiger partial charge in [-0.1, -0.05) is 396 Å². The number of carbonyl (C=O) groups is 4. The van der Waals surface area contributed by atoms with Crippen molar-refractivity contribution in [3.8, 4) is 0 Å². The fourth-order valence-corrected chi connectivity index (χ4v) is 14.8. The number of ether oxygens (including phenoxy) is 4. The lowest BCUT2D eigenvalue weighted by molar-refractivity contribution is -0.161. The molecule has 0 spiro atoms. The van der Waals surface area contributed by atoms with E-state index in [1.807, 2.05) is 0 Å². The number of hydrogen-bond donors (Lipinski definition) is 3. The maximum Gasteiger partial charge on any atom is 0.472 e. The van der Waals surface area contributed by atoms with Crippen LogP contribution in [-0.4, -0.2) is 96.7 Å². The Labute approximate surface area is 645 Å². The third-order valence-corrected chi connectivity index (χ3v) is 22.7. The first-order chi connectivity index (χ1) is 50.7. The van der Waals surface area contributed by atoms with Crippen LogP contribution in [0, 0.1) is 23.7 Å². The normalized spacial score (nSPS) is 14.4. The van der Waals surface area contributed by atoms with E-state index in [2.05, 4.69) is 55.4 Å². The highest BCUT2D eigenvalue weighted by atomic mass is 31.2. The molecule has 0 fully saturated rings. The average Bonchev–Trinajstić information content (AvgIpc) is 0.904. The zero-order valence-corrected chi connectivity index (χ0v) is 71.2. The first kappa shape index (κ1) is 103. The summed E-state index contributed by atoms with van der Waals surface area (Å²) in [5, 5.41) is 10.7. The molecule has 17 nitrogen and oxygen atoms in total. The standard InChI is InChI=1S/C86H168O17P2/c1-9-78(7)64-56-48-40-34-28-22-18-19-25-31-37-43-53-61-69-86(91)103-82(73-97-84(89)67-59-51-45-44-49-57-65-79(8)10-2)75-101-105(94,95)99-71-80(87)70-98-104(92,93)100-74-81(102-85(90)68-60-52-42-36-30-24-17-13-15-21-27-33-39-47-55-63-77(5)6)72-96-83(88)66-58-50-41-35-29-23-16-12-11-14-20-26-32-38-46-54-62-76(3)4/h76-82,87H,9-75H2,1-8H3,(H,92,93)(H,94,95)/t78?,79?,80-,81-,82-/m1/s1. The van der Waals surface area contributed by atoms with Gasteiger partial charge in [0.15, 0.2) is 12.2 Å². The monoisotopic (exact) mass is 1540 g/mol. The zero-order valence-electron chi connectivity index (χ0n) is 69.4. The van der Waals surface area contributed by atoms with Crippen LogP contribution in [0.1, 0.15) is 447 Å². The van der Waals surface area contributed by atoms with Gasteiger partial charge in [-0.15, -0.1) is 0 Å². The number of carbonyl (C=O) groups excluding carboxylic acids is 4. The summed E-state index contributed by atoms with van der Waals surface area (Å²) in [5.41, 5.74) is 0. The van der Waals surface area contributed by atoms with Crippen molar-refractivity contribution in [3.05, 3.63) is 0 Å². The lowest BCUT2D eigenvalue weighted by Gasteiger charge is -2.21. The van der Waals surface area contributed by atoms with Crippen molar-refractivity contribution < 1.29 is 80.2 Å². The van der Waals surface area contributed by atoms with Gasteiger partial charge in [0.05, 0.1) is 26.4 Å². The summed E-state index contributed by atoms with van der Waals surface area (Å²) in [4.78, 5) is 73.2. The molecule has 0 aromatic heterocycles. The highest BCUT2D eigenvalue weighted by Gasteiger charge is 2.31. The second-order valence-electron chi connectivity index (χ2n) is 32.4. The lowest BCUT2D eigenvalue weighted by atomic mass is 9.99. The molecule has 0 aliphatic carbocycles. The largest absolute Gasteiger partial charge is 0.472 e. The van der Waals surface area contributed by atoms with Crippen LogP contribution >= 0.6 is 15.6 Å². The maximum atomic E-state index is 13.1. The van der Waals surface area contributed by atoms with E-state index in [4.69, 9.17) is 37.0 Å². The fourth-order valence-electron chi connectivity index (χ4n) is 13.3. The molecule has 19 heteroatoms. The van der Waals surface area contributed by atoms with Gasteiger partial charge in [-0.05, 0) is 49.4 Å². The molecule has 0 aliphatic rings. The van der Waals surface area contributed by atoms with E-state index in [9.17, 15) is 43.2 Å². The Bertz CT molecular complexity index is 2050. The summed E-state index contributed by atoms with van der Waals surface area (Å²) in [6.07, 6.45) is 63.8. The fraction of sp³-hybridized carbons (Fsp3) is 0.953. The molecule has 0 radical (unpaired) electrons. The van der Waals surface area contributed by atoms with Crippen molar-refractivity contribution in [3.63, 3.8) is 0 Å². The molecule has 7 atom stereocenters. The molecule has 4 unspecified atom stereocenters. The molecule has 0 heterocycles. The maximum absolute atomic E-state index is 13.1. The van der Waals surface area contributed by atoms with E-state index < -0.39 is 97.5 Å². The minimum Gasteiger partial charge on any atom is -0.462 e. The Hall–Kier alpha value is -1.94.